The molecule has 0 fully saturated rings. The molecule has 204 valence electrons. The number of hydrogen-bond donors (Lipinski definition) is 0. The molecular weight excluding hydrogens is 528 g/mol. The van der Waals surface area contributed by atoms with E-state index in [0.29, 0.717) is 0 Å². The van der Waals surface area contributed by atoms with Gasteiger partial charge >= 0.3 is 0 Å². The lowest BCUT2D eigenvalue weighted by Crippen LogP contribution is -2.43. The first kappa shape index (κ1) is 24.0. The molecule has 0 heteroatoms. The molecule has 44 heavy (non-hydrogen) atoms. The molecule has 0 amide bonds. The second-order valence-corrected chi connectivity index (χ2v) is 12.4. The van der Waals surface area contributed by atoms with Crippen molar-refractivity contribution in [1.82, 2.24) is 0 Å². The van der Waals surface area contributed by atoms with E-state index in [0.717, 1.165) is 0 Å². The summed E-state index contributed by atoms with van der Waals surface area (Å²) in [5.41, 5.74) is 17.9. The van der Waals surface area contributed by atoms with E-state index in [1.54, 1.807) is 0 Å². The van der Waals surface area contributed by atoms with E-state index in [2.05, 4.69) is 170 Å². The van der Waals surface area contributed by atoms with Gasteiger partial charge in [-0.1, -0.05) is 164 Å². The Bertz CT molecular complexity index is 2200. The molecule has 10 rings (SSSR count). The third kappa shape index (κ3) is 2.71. The van der Waals surface area contributed by atoms with Crippen molar-refractivity contribution in [3.8, 4) is 33.4 Å². The highest BCUT2D eigenvalue weighted by molar-refractivity contribution is 5.94. The highest BCUT2D eigenvalue weighted by Gasteiger charge is 2.58. The van der Waals surface area contributed by atoms with Crippen LogP contribution in [0.25, 0.3) is 33.4 Å². The minimum atomic E-state index is -0.443. The van der Waals surface area contributed by atoms with Crippen LogP contribution in [0.5, 0.6) is 0 Å². The van der Waals surface area contributed by atoms with Gasteiger partial charge < -0.3 is 0 Å². The number of fused-ring (bicyclic) bond motifs is 16. The van der Waals surface area contributed by atoms with Gasteiger partial charge in [-0.05, 0) is 84.0 Å². The Morgan fingerprint density at radius 1 is 0.227 bits per heavy atom. The molecule has 0 atom stereocenters. The predicted molar refractivity (Wildman–Crippen MR) is 180 cm³/mol. The largest absolute Gasteiger partial charge is 0.0720 e. The molecule has 7 aromatic carbocycles. The second kappa shape index (κ2) is 8.56. The number of hydrogen-bond acceptors (Lipinski definition) is 0. The summed E-state index contributed by atoms with van der Waals surface area (Å²) in [6, 6.07) is 63.9. The van der Waals surface area contributed by atoms with Crippen LogP contribution >= 0.6 is 0 Å². The van der Waals surface area contributed by atoms with Gasteiger partial charge in [0.05, 0.1) is 10.8 Å². The van der Waals surface area contributed by atoms with Crippen LogP contribution in [0.3, 0.4) is 0 Å². The quantitative estimate of drug-likeness (QED) is 0.189. The lowest BCUT2D eigenvalue weighted by Gasteiger charge is -2.49. The van der Waals surface area contributed by atoms with Crippen LogP contribution in [0.4, 0.5) is 0 Å². The molecule has 0 saturated carbocycles. The zero-order valence-electron chi connectivity index (χ0n) is 24.2. The van der Waals surface area contributed by atoms with Crippen molar-refractivity contribution in [2.75, 3.05) is 0 Å². The van der Waals surface area contributed by atoms with E-state index in [1.807, 2.05) is 0 Å². The average Bonchev–Trinajstić information content (AvgIpc) is 3.57. The van der Waals surface area contributed by atoms with Crippen molar-refractivity contribution in [2.24, 2.45) is 0 Å². The lowest BCUT2D eigenvalue weighted by atomic mass is 9.52. The van der Waals surface area contributed by atoms with Gasteiger partial charge in [0.25, 0.3) is 0 Å². The first-order valence-electron chi connectivity index (χ1n) is 15.5. The summed E-state index contributed by atoms with van der Waals surface area (Å²) in [7, 11) is 0. The van der Waals surface area contributed by atoms with Crippen LogP contribution in [0.2, 0.25) is 0 Å². The predicted octanol–water partition coefficient (Wildman–Crippen LogP) is 10.4. The van der Waals surface area contributed by atoms with Crippen molar-refractivity contribution in [3.63, 3.8) is 0 Å². The Kier molecular flexibility index (Phi) is 4.67. The maximum absolute atomic E-state index is 2.52. The fraction of sp³-hybridized carbons (Fsp3) is 0.0455. The summed E-state index contributed by atoms with van der Waals surface area (Å²) < 4.78 is 0. The molecular formula is C44H28. The Hall–Kier alpha value is -5.46. The van der Waals surface area contributed by atoms with Gasteiger partial charge in [0.15, 0.2) is 0 Å². The Balaban J connectivity index is 1.45. The second-order valence-electron chi connectivity index (χ2n) is 12.4. The molecule has 0 aromatic heterocycles. The molecule has 0 aliphatic heterocycles. The van der Waals surface area contributed by atoms with E-state index in [9.17, 15) is 0 Å². The summed E-state index contributed by atoms with van der Waals surface area (Å²) in [4.78, 5) is 0. The van der Waals surface area contributed by atoms with Crippen LogP contribution in [0.15, 0.2) is 170 Å². The summed E-state index contributed by atoms with van der Waals surface area (Å²) in [5.74, 6) is 0. The fourth-order valence-electron chi connectivity index (χ4n) is 9.05. The SMILES string of the molecule is c1ccc(-c2ccc3c(c2)C2(c4ccccc4-c4ccccc42)c2ccccc2C32c3ccccc3-c3ccccc32)cc1. The average molecular weight is 557 g/mol. The van der Waals surface area contributed by atoms with Gasteiger partial charge in [-0.15, -0.1) is 0 Å². The molecule has 3 aliphatic rings. The smallest absolute Gasteiger partial charge is 0.0622 e. The van der Waals surface area contributed by atoms with Crippen LogP contribution in [0, 0.1) is 0 Å². The van der Waals surface area contributed by atoms with Crippen molar-refractivity contribution >= 4 is 0 Å². The molecule has 7 aromatic rings. The molecule has 0 heterocycles. The van der Waals surface area contributed by atoms with Crippen molar-refractivity contribution < 1.29 is 0 Å². The highest BCUT2D eigenvalue weighted by Crippen LogP contribution is 2.67. The standard InChI is InChI=1S/C44H28/c1-2-14-29(15-3-1)30-26-27-41-42(28-30)44(37-22-10-6-18-33(37)34-19-7-11-23-38(34)44)40-25-13-12-24-39(40)43(41)35-20-8-4-16-31(35)32-17-5-9-21-36(32)43/h1-28H. The van der Waals surface area contributed by atoms with Crippen molar-refractivity contribution in [1.29, 1.82) is 0 Å². The molecule has 0 unspecified atom stereocenters. The molecule has 3 aliphatic carbocycles. The van der Waals surface area contributed by atoms with Crippen molar-refractivity contribution in [3.05, 3.63) is 214 Å². The van der Waals surface area contributed by atoms with E-state index in [1.165, 1.54) is 77.9 Å². The van der Waals surface area contributed by atoms with Crippen LogP contribution < -0.4 is 0 Å². The Morgan fingerprint density at radius 2 is 0.568 bits per heavy atom. The fourth-order valence-corrected chi connectivity index (χ4v) is 9.05. The Labute approximate surface area is 257 Å². The van der Waals surface area contributed by atoms with Gasteiger partial charge in [0.2, 0.25) is 0 Å². The summed E-state index contributed by atoms with van der Waals surface area (Å²) in [6.07, 6.45) is 0. The first-order valence-corrected chi connectivity index (χ1v) is 15.5. The first-order chi connectivity index (χ1) is 21.8. The minimum absolute atomic E-state index is 0.425. The van der Waals surface area contributed by atoms with Gasteiger partial charge in [0, 0.05) is 0 Å². The van der Waals surface area contributed by atoms with Gasteiger partial charge in [-0.3, -0.25) is 0 Å². The van der Waals surface area contributed by atoms with E-state index >= 15 is 0 Å². The molecule has 0 N–H and O–H groups in total. The maximum atomic E-state index is 2.52. The molecule has 0 bridgehead atoms. The Morgan fingerprint density at radius 3 is 1.02 bits per heavy atom. The molecule has 0 radical (unpaired) electrons. The molecule has 2 spiro atoms. The van der Waals surface area contributed by atoms with Crippen LogP contribution in [0.1, 0.15) is 44.5 Å². The van der Waals surface area contributed by atoms with E-state index < -0.39 is 10.8 Å². The van der Waals surface area contributed by atoms with Crippen molar-refractivity contribution in [2.45, 2.75) is 10.8 Å². The monoisotopic (exact) mass is 556 g/mol. The highest BCUT2D eigenvalue weighted by atomic mass is 14.6. The third-order valence-electron chi connectivity index (χ3n) is 10.6. The van der Waals surface area contributed by atoms with Gasteiger partial charge in [0.1, 0.15) is 0 Å². The topological polar surface area (TPSA) is 0 Å². The van der Waals surface area contributed by atoms with E-state index in [-0.39, 0.29) is 0 Å². The third-order valence-corrected chi connectivity index (χ3v) is 10.6. The number of rotatable bonds is 1. The van der Waals surface area contributed by atoms with Gasteiger partial charge in [-0.25, -0.2) is 0 Å². The minimum Gasteiger partial charge on any atom is -0.0622 e. The lowest BCUT2D eigenvalue weighted by molar-refractivity contribution is 0.633. The number of benzene rings is 7. The summed E-state index contributed by atoms with van der Waals surface area (Å²) >= 11 is 0. The van der Waals surface area contributed by atoms with Gasteiger partial charge in [-0.2, -0.15) is 0 Å². The summed E-state index contributed by atoms with van der Waals surface area (Å²) in [6.45, 7) is 0. The summed E-state index contributed by atoms with van der Waals surface area (Å²) in [5, 5.41) is 0. The zero-order valence-corrected chi connectivity index (χ0v) is 24.2. The molecule has 0 saturated heterocycles. The molecule has 0 nitrogen and oxygen atoms in total. The zero-order chi connectivity index (χ0) is 28.9. The van der Waals surface area contributed by atoms with Crippen LogP contribution in [-0.4, -0.2) is 0 Å². The normalized spacial score (nSPS) is 15.2. The van der Waals surface area contributed by atoms with Crippen LogP contribution in [-0.2, 0) is 10.8 Å². The van der Waals surface area contributed by atoms with E-state index in [4.69, 9.17) is 0 Å². The maximum Gasteiger partial charge on any atom is 0.0720 e.